The van der Waals surface area contributed by atoms with Crippen LogP contribution in [0, 0.1) is 0 Å². The molecule has 0 bridgehead atoms. The smallest absolute Gasteiger partial charge is 0.223 e. The molecule has 166 valence electrons. The van der Waals surface area contributed by atoms with Gasteiger partial charge in [0.1, 0.15) is 0 Å². The second-order valence-electron chi connectivity index (χ2n) is 10.1. The highest BCUT2D eigenvalue weighted by atomic mass is 16.5. The second-order valence-corrected chi connectivity index (χ2v) is 10.1. The zero-order chi connectivity index (χ0) is 22.0. The van der Waals surface area contributed by atoms with E-state index < -0.39 is 0 Å². The van der Waals surface area contributed by atoms with E-state index >= 15 is 0 Å². The molecule has 0 spiro atoms. The highest BCUT2D eigenvalue weighted by Crippen LogP contribution is 2.37. The fraction of sp³-hybridized carbons (Fsp3) is 0.519. The summed E-state index contributed by atoms with van der Waals surface area (Å²) < 4.78 is 11.8. The number of hydrogen-bond acceptors (Lipinski definition) is 3. The average molecular weight is 422 g/mol. The Morgan fingerprint density at radius 2 is 1.71 bits per heavy atom. The lowest BCUT2D eigenvalue weighted by atomic mass is 9.87. The van der Waals surface area contributed by atoms with E-state index in [1.807, 2.05) is 11.0 Å². The van der Waals surface area contributed by atoms with Crippen molar-refractivity contribution in [1.29, 1.82) is 0 Å². The molecule has 1 aliphatic heterocycles. The van der Waals surface area contributed by atoms with Gasteiger partial charge in [-0.3, -0.25) is 4.79 Å². The van der Waals surface area contributed by atoms with Crippen LogP contribution in [-0.2, 0) is 16.8 Å². The van der Waals surface area contributed by atoms with Crippen molar-refractivity contribution in [1.82, 2.24) is 4.90 Å². The van der Waals surface area contributed by atoms with Crippen molar-refractivity contribution in [2.24, 2.45) is 0 Å². The first-order valence-electron chi connectivity index (χ1n) is 11.6. The molecule has 4 rings (SSSR count). The highest BCUT2D eigenvalue weighted by molar-refractivity contribution is 5.79. The van der Waals surface area contributed by atoms with Crippen LogP contribution in [0.25, 0.3) is 0 Å². The van der Waals surface area contributed by atoms with Crippen LogP contribution in [0.3, 0.4) is 0 Å². The van der Waals surface area contributed by atoms with Crippen molar-refractivity contribution in [3.63, 3.8) is 0 Å². The van der Waals surface area contributed by atoms with Gasteiger partial charge in [0.05, 0.1) is 13.2 Å². The number of methoxy groups -OCH3 is 1. The molecule has 0 radical (unpaired) electrons. The Labute approximate surface area is 186 Å². The molecule has 1 saturated heterocycles. The Morgan fingerprint density at radius 1 is 1.00 bits per heavy atom. The van der Waals surface area contributed by atoms with Gasteiger partial charge in [0.25, 0.3) is 0 Å². The summed E-state index contributed by atoms with van der Waals surface area (Å²) in [4.78, 5) is 14.7. The van der Waals surface area contributed by atoms with Crippen LogP contribution in [-0.4, -0.2) is 30.6 Å². The summed E-state index contributed by atoms with van der Waals surface area (Å²) in [5.74, 6) is 2.00. The molecule has 1 heterocycles. The number of amides is 1. The monoisotopic (exact) mass is 421 g/mol. The maximum atomic E-state index is 12.7. The van der Waals surface area contributed by atoms with E-state index in [1.54, 1.807) is 7.11 Å². The average Bonchev–Trinajstić information content (AvgIpc) is 3.38. The third-order valence-electron chi connectivity index (χ3n) is 6.66. The predicted octanol–water partition coefficient (Wildman–Crippen LogP) is 5.83. The summed E-state index contributed by atoms with van der Waals surface area (Å²) in [6.45, 7) is 8.07. The van der Waals surface area contributed by atoms with Crippen molar-refractivity contribution >= 4 is 5.91 Å². The quantitative estimate of drug-likeness (QED) is 0.589. The van der Waals surface area contributed by atoms with Crippen LogP contribution in [0.5, 0.6) is 11.5 Å². The lowest BCUT2D eigenvalue weighted by Crippen LogP contribution is -2.24. The predicted molar refractivity (Wildman–Crippen MR) is 124 cm³/mol. The molecule has 0 unspecified atom stereocenters. The molecule has 31 heavy (non-hydrogen) atoms. The third kappa shape index (κ3) is 5.06. The fourth-order valence-corrected chi connectivity index (χ4v) is 4.70. The van der Waals surface area contributed by atoms with Crippen molar-refractivity contribution < 1.29 is 14.3 Å². The molecule has 2 aliphatic rings. The minimum Gasteiger partial charge on any atom is -0.493 e. The summed E-state index contributed by atoms with van der Waals surface area (Å²) in [7, 11) is 1.68. The van der Waals surface area contributed by atoms with E-state index in [9.17, 15) is 4.79 Å². The molecule has 4 nitrogen and oxygen atoms in total. The van der Waals surface area contributed by atoms with Crippen LogP contribution in [0.4, 0.5) is 0 Å². The van der Waals surface area contributed by atoms with Gasteiger partial charge in [0, 0.05) is 25.4 Å². The van der Waals surface area contributed by atoms with Gasteiger partial charge in [-0.15, -0.1) is 0 Å². The molecule has 1 amide bonds. The highest BCUT2D eigenvalue weighted by Gasteiger charge is 2.31. The first-order chi connectivity index (χ1) is 14.8. The largest absolute Gasteiger partial charge is 0.493 e. The van der Waals surface area contributed by atoms with Gasteiger partial charge in [-0.25, -0.2) is 0 Å². The number of hydrogen-bond donors (Lipinski definition) is 0. The van der Waals surface area contributed by atoms with E-state index in [4.69, 9.17) is 9.47 Å². The first-order valence-corrected chi connectivity index (χ1v) is 11.6. The van der Waals surface area contributed by atoms with Gasteiger partial charge < -0.3 is 14.4 Å². The van der Waals surface area contributed by atoms with E-state index in [0.717, 1.165) is 36.4 Å². The zero-order valence-corrected chi connectivity index (χ0v) is 19.3. The van der Waals surface area contributed by atoms with Gasteiger partial charge in [0.2, 0.25) is 5.91 Å². The molecule has 1 saturated carbocycles. The summed E-state index contributed by atoms with van der Waals surface area (Å²) in [6, 6.07) is 14.8. The number of nitrogens with zero attached hydrogens (tertiary/aromatic N) is 1. The van der Waals surface area contributed by atoms with Gasteiger partial charge >= 0.3 is 0 Å². The summed E-state index contributed by atoms with van der Waals surface area (Å²) in [6.07, 6.45) is 5.51. The van der Waals surface area contributed by atoms with Crippen LogP contribution in [0.1, 0.15) is 75.5 Å². The lowest BCUT2D eigenvalue weighted by Gasteiger charge is -2.21. The minimum absolute atomic E-state index is 0.139. The Hall–Kier alpha value is -2.49. The minimum atomic E-state index is 0.139. The van der Waals surface area contributed by atoms with E-state index in [1.165, 1.54) is 24.0 Å². The number of likely N-dealkylation sites (tertiary alicyclic amines) is 1. The van der Waals surface area contributed by atoms with Crippen molar-refractivity contribution in [3.05, 3.63) is 59.2 Å². The summed E-state index contributed by atoms with van der Waals surface area (Å²) >= 11 is 0. The van der Waals surface area contributed by atoms with E-state index in [2.05, 4.69) is 57.2 Å². The normalized spacial score (nSPS) is 19.8. The van der Waals surface area contributed by atoms with Crippen LogP contribution in [0.15, 0.2) is 42.5 Å². The number of rotatable bonds is 6. The number of carbonyl (C=O) groups is 1. The molecular weight excluding hydrogens is 386 g/mol. The lowest BCUT2D eigenvalue weighted by molar-refractivity contribution is -0.128. The third-order valence-corrected chi connectivity index (χ3v) is 6.66. The Balaban J connectivity index is 1.45. The summed E-state index contributed by atoms with van der Waals surface area (Å²) in [5, 5.41) is 0. The maximum Gasteiger partial charge on any atom is 0.223 e. The Bertz CT molecular complexity index is 907. The maximum absolute atomic E-state index is 12.7. The van der Waals surface area contributed by atoms with Gasteiger partial charge in [0.15, 0.2) is 11.5 Å². The van der Waals surface area contributed by atoms with Crippen molar-refractivity contribution in [2.75, 3.05) is 13.7 Å². The molecule has 1 aliphatic carbocycles. The number of ether oxygens (including phenoxy) is 2. The van der Waals surface area contributed by atoms with Crippen molar-refractivity contribution in [3.8, 4) is 11.5 Å². The standard InChI is InChI=1S/C27H35NO3/c1-27(2,3)22-12-9-19(10-13-22)17-28-18-21(16-26(28)29)20-11-14-24(30-4)25(15-20)31-23-7-5-6-8-23/h9-15,21,23H,5-8,16-18H2,1-4H3/t21-/m1/s1. The second kappa shape index (κ2) is 8.94. The van der Waals surface area contributed by atoms with Crippen molar-refractivity contribution in [2.45, 2.75) is 76.9 Å². The SMILES string of the molecule is COc1ccc([C@@H]2CC(=O)N(Cc3ccc(C(C)(C)C)cc3)C2)cc1OC1CCCC1. The van der Waals surface area contributed by atoms with Crippen LogP contribution in [0.2, 0.25) is 0 Å². The molecule has 1 atom stereocenters. The topological polar surface area (TPSA) is 38.8 Å². The first kappa shape index (κ1) is 21.7. The molecule has 0 N–H and O–H groups in total. The van der Waals surface area contributed by atoms with E-state index in [-0.39, 0.29) is 23.3 Å². The number of benzene rings is 2. The van der Waals surface area contributed by atoms with Gasteiger partial charge in [-0.05, 0) is 59.9 Å². The molecule has 4 heteroatoms. The molecule has 2 fully saturated rings. The molecule has 2 aromatic rings. The Morgan fingerprint density at radius 3 is 2.35 bits per heavy atom. The molecule has 2 aromatic carbocycles. The van der Waals surface area contributed by atoms with Crippen LogP contribution >= 0.6 is 0 Å². The number of carbonyl (C=O) groups excluding carboxylic acids is 1. The molecule has 0 aromatic heterocycles. The van der Waals surface area contributed by atoms with Crippen LogP contribution < -0.4 is 9.47 Å². The Kier molecular flexibility index (Phi) is 6.27. The fourth-order valence-electron chi connectivity index (χ4n) is 4.70. The van der Waals surface area contributed by atoms with Gasteiger partial charge in [-0.1, -0.05) is 51.1 Å². The van der Waals surface area contributed by atoms with Gasteiger partial charge in [-0.2, -0.15) is 0 Å². The summed E-state index contributed by atoms with van der Waals surface area (Å²) in [5.41, 5.74) is 3.80. The van der Waals surface area contributed by atoms with E-state index in [0.29, 0.717) is 13.0 Å². The molecular formula is C27H35NO3. The zero-order valence-electron chi connectivity index (χ0n) is 19.3.